The normalized spacial score (nSPS) is 21.5. The third-order valence-corrected chi connectivity index (χ3v) is 3.44. The molecule has 0 aromatic heterocycles. The van der Waals surface area contributed by atoms with Crippen molar-refractivity contribution in [3.63, 3.8) is 0 Å². The van der Waals surface area contributed by atoms with E-state index in [4.69, 9.17) is 10.4 Å². The van der Waals surface area contributed by atoms with Gasteiger partial charge >= 0.3 is 5.97 Å². The van der Waals surface area contributed by atoms with E-state index < -0.39 is 12.0 Å². The van der Waals surface area contributed by atoms with Crippen LogP contribution in [0.4, 0.5) is 0 Å². The quantitative estimate of drug-likeness (QED) is 0.692. The van der Waals surface area contributed by atoms with E-state index >= 15 is 0 Å². The maximum Gasteiger partial charge on any atom is 0.322 e. The average molecular weight is 253 g/mol. The fourth-order valence-electron chi connectivity index (χ4n) is 2.20. The second-order valence-electron chi connectivity index (χ2n) is 5.55. The van der Waals surface area contributed by atoms with Gasteiger partial charge in [0.05, 0.1) is 11.5 Å². The summed E-state index contributed by atoms with van der Waals surface area (Å²) in [7, 11) is 0. The summed E-state index contributed by atoms with van der Waals surface area (Å²) in [6, 6.07) is 1.89. The molecule has 0 bridgehead atoms. The molecule has 1 atom stereocenters. The van der Waals surface area contributed by atoms with Gasteiger partial charge in [0.25, 0.3) is 0 Å². The number of aliphatic carboxylic acids is 1. The molecular formula is C13H23N3O2. The highest BCUT2D eigenvalue weighted by molar-refractivity contribution is 5.73. The van der Waals surface area contributed by atoms with E-state index in [1.165, 1.54) is 0 Å². The number of carbonyl (C=O) groups is 1. The first-order valence-electron chi connectivity index (χ1n) is 6.55. The van der Waals surface area contributed by atoms with Crippen LogP contribution in [0, 0.1) is 16.7 Å². The average Bonchev–Trinajstić information content (AvgIpc) is 2.35. The van der Waals surface area contributed by atoms with Crippen LogP contribution in [0.25, 0.3) is 0 Å². The number of hydrogen-bond acceptors (Lipinski definition) is 4. The largest absolute Gasteiger partial charge is 0.480 e. The Morgan fingerprint density at radius 3 is 2.89 bits per heavy atom. The molecule has 0 spiro atoms. The number of rotatable bonds is 6. The molecule has 1 aliphatic rings. The van der Waals surface area contributed by atoms with Gasteiger partial charge in [-0.2, -0.15) is 5.26 Å². The van der Waals surface area contributed by atoms with Gasteiger partial charge < -0.3 is 10.4 Å². The predicted octanol–water partition coefficient (Wildman–Crippen LogP) is 1.06. The molecule has 1 fully saturated rings. The molecule has 0 radical (unpaired) electrons. The molecule has 1 heterocycles. The maximum absolute atomic E-state index is 11.1. The molecule has 0 aromatic carbocycles. The lowest BCUT2D eigenvalue weighted by atomic mass is 9.89. The van der Waals surface area contributed by atoms with Gasteiger partial charge in [0, 0.05) is 19.6 Å². The third kappa shape index (κ3) is 4.63. The van der Waals surface area contributed by atoms with Crippen LogP contribution in [0.15, 0.2) is 0 Å². The zero-order valence-corrected chi connectivity index (χ0v) is 11.3. The summed E-state index contributed by atoms with van der Waals surface area (Å²) in [6.07, 6.45) is 2.79. The lowest BCUT2D eigenvalue weighted by Gasteiger charge is -2.33. The highest BCUT2D eigenvalue weighted by Gasteiger charge is 2.27. The first kappa shape index (κ1) is 14.9. The van der Waals surface area contributed by atoms with Crippen molar-refractivity contribution in [3.05, 3.63) is 0 Å². The van der Waals surface area contributed by atoms with E-state index in [9.17, 15) is 4.79 Å². The Hall–Kier alpha value is -1.12. The number of piperazine rings is 1. The smallest absolute Gasteiger partial charge is 0.322 e. The van der Waals surface area contributed by atoms with Gasteiger partial charge in [-0.05, 0) is 33.2 Å². The molecule has 1 rings (SSSR count). The third-order valence-electron chi connectivity index (χ3n) is 3.44. The number of nitriles is 1. The van der Waals surface area contributed by atoms with Crippen molar-refractivity contribution in [3.8, 4) is 6.07 Å². The van der Waals surface area contributed by atoms with Crippen molar-refractivity contribution in [2.24, 2.45) is 5.41 Å². The van der Waals surface area contributed by atoms with Crippen molar-refractivity contribution in [1.82, 2.24) is 10.2 Å². The fraction of sp³-hybridized carbons (Fsp3) is 0.846. The molecule has 2 N–H and O–H groups in total. The minimum Gasteiger partial charge on any atom is -0.480 e. The molecule has 0 aliphatic carbocycles. The van der Waals surface area contributed by atoms with Crippen molar-refractivity contribution in [2.75, 3.05) is 26.2 Å². The van der Waals surface area contributed by atoms with Gasteiger partial charge in [-0.1, -0.05) is 6.42 Å². The molecule has 1 saturated heterocycles. The van der Waals surface area contributed by atoms with Crippen LogP contribution >= 0.6 is 0 Å². The van der Waals surface area contributed by atoms with Gasteiger partial charge in [-0.3, -0.25) is 9.69 Å². The van der Waals surface area contributed by atoms with E-state index in [2.05, 4.69) is 11.4 Å². The van der Waals surface area contributed by atoms with Crippen LogP contribution < -0.4 is 5.32 Å². The van der Waals surface area contributed by atoms with Crippen LogP contribution in [-0.2, 0) is 4.79 Å². The van der Waals surface area contributed by atoms with Crippen LogP contribution in [0.2, 0.25) is 0 Å². The maximum atomic E-state index is 11.1. The van der Waals surface area contributed by atoms with Crippen LogP contribution in [-0.4, -0.2) is 48.2 Å². The Morgan fingerprint density at radius 1 is 1.56 bits per heavy atom. The van der Waals surface area contributed by atoms with Crippen molar-refractivity contribution < 1.29 is 9.90 Å². The van der Waals surface area contributed by atoms with Crippen molar-refractivity contribution in [2.45, 2.75) is 39.2 Å². The highest BCUT2D eigenvalue weighted by atomic mass is 16.4. The van der Waals surface area contributed by atoms with Crippen LogP contribution in [0.1, 0.15) is 33.1 Å². The molecule has 0 aromatic rings. The topological polar surface area (TPSA) is 76.4 Å². The van der Waals surface area contributed by atoms with Crippen molar-refractivity contribution >= 4 is 5.97 Å². The Labute approximate surface area is 109 Å². The number of nitrogens with one attached hydrogen (secondary N) is 1. The lowest BCUT2D eigenvalue weighted by Crippen LogP contribution is -2.55. The standard InChI is InChI=1S/C13H23N3O2/c1-13(2,10-14)5-3-4-7-16-8-6-15-9-11(16)12(17)18/h11,15H,3-9H2,1-2H3,(H,17,18). The molecule has 5 nitrogen and oxygen atoms in total. The van der Waals surface area contributed by atoms with E-state index in [-0.39, 0.29) is 5.41 Å². The second kappa shape index (κ2) is 6.72. The highest BCUT2D eigenvalue weighted by Crippen LogP contribution is 2.21. The Morgan fingerprint density at radius 2 is 2.28 bits per heavy atom. The van der Waals surface area contributed by atoms with Gasteiger partial charge in [-0.25, -0.2) is 0 Å². The number of hydrogen-bond donors (Lipinski definition) is 2. The van der Waals surface area contributed by atoms with E-state index in [1.807, 2.05) is 18.7 Å². The monoisotopic (exact) mass is 253 g/mol. The number of nitrogens with zero attached hydrogens (tertiary/aromatic N) is 2. The molecule has 18 heavy (non-hydrogen) atoms. The number of carboxylic acids is 1. The SMILES string of the molecule is CC(C)(C#N)CCCCN1CCNCC1C(=O)O. The summed E-state index contributed by atoms with van der Waals surface area (Å²) in [5, 5.41) is 21.1. The van der Waals surface area contributed by atoms with Crippen LogP contribution in [0.3, 0.4) is 0 Å². The van der Waals surface area contributed by atoms with Crippen molar-refractivity contribution in [1.29, 1.82) is 5.26 Å². The first-order chi connectivity index (χ1) is 8.46. The summed E-state index contributed by atoms with van der Waals surface area (Å²) >= 11 is 0. The first-order valence-corrected chi connectivity index (χ1v) is 6.55. The molecule has 1 aliphatic heterocycles. The Bertz CT molecular complexity index is 323. The number of unbranched alkanes of at least 4 members (excludes halogenated alkanes) is 1. The zero-order chi connectivity index (χ0) is 13.6. The van der Waals surface area contributed by atoms with E-state index in [0.717, 1.165) is 38.9 Å². The van der Waals surface area contributed by atoms with Gasteiger partial charge in [0.15, 0.2) is 0 Å². The van der Waals surface area contributed by atoms with Crippen LogP contribution in [0.5, 0.6) is 0 Å². The summed E-state index contributed by atoms with van der Waals surface area (Å²) in [6.45, 7) is 6.86. The van der Waals surface area contributed by atoms with E-state index in [1.54, 1.807) is 0 Å². The molecular weight excluding hydrogens is 230 g/mol. The number of carboxylic acid groups (broad SMARTS) is 1. The van der Waals surface area contributed by atoms with E-state index in [0.29, 0.717) is 6.54 Å². The minimum atomic E-state index is -0.750. The summed E-state index contributed by atoms with van der Waals surface area (Å²) in [5.41, 5.74) is -0.268. The molecule has 5 heteroatoms. The second-order valence-corrected chi connectivity index (χ2v) is 5.55. The summed E-state index contributed by atoms with van der Waals surface area (Å²) < 4.78 is 0. The summed E-state index contributed by atoms with van der Waals surface area (Å²) in [5.74, 6) is -0.750. The fourth-order valence-corrected chi connectivity index (χ4v) is 2.20. The molecule has 0 amide bonds. The Balaban J connectivity index is 2.29. The molecule has 102 valence electrons. The summed E-state index contributed by atoms with van der Waals surface area (Å²) in [4.78, 5) is 13.1. The Kier molecular flexibility index (Phi) is 5.57. The van der Waals surface area contributed by atoms with Gasteiger partial charge in [-0.15, -0.1) is 0 Å². The lowest BCUT2D eigenvalue weighted by molar-refractivity contribution is -0.143. The minimum absolute atomic E-state index is 0.268. The van der Waals surface area contributed by atoms with Gasteiger partial charge in [0.1, 0.15) is 6.04 Å². The molecule has 1 unspecified atom stereocenters. The predicted molar refractivity (Wildman–Crippen MR) is 69.1 cm³/mol. The van der Waals surface area contributed by atoms with Gasteiger partial charge in [0.2, 0.25) is 0 Å². The molecule has 0 saturated carbocycles. The zero-order valence-electron chi connectivity index (χ0n) is 11.3.